The first kappa shape index (κ1) is 14.2. The number of benzene rings is 1. The van der Waals surface area contributed by atoms with Gasteiger partial charge >= 0.3 is 0 Å². The molecule has 4 heteroatoms. The molecule has 1 atom stereocenters. The highest BCUT2D eigenvalue weighted by Crippen LogP contribution is 2.28. The quantitative estimate of drug-likeness (QED) is 0.719. The highest BCUT2D eigenvalue weighted by Gasteiger charge is 2.21. The van der Waals surface area contributed by atoms with Gasteiger partial charge in [0.15, 0.2) is 0 Å². The van der Waals surface area contributed by atoms with E-state index in [4.69, 9.17) is 9.47 Å². The molecule has 1 aromatic carbocycles. The minimum atomic E-state index is -0.467. The van der Waals surface area contributed by atoms with Crippen molar-refractivity contribution in [1.82, 2.24) is 0 Å². The second-order valence-corrected chi connectivity index (χ2v) is 4.97. The van der Waals surface area contributed by atoms with E-state index in [9.17, 15) is 5.11 Å². The van der Waals surface area contributed by atoms with Gasteiger partial charge in [0.2, 0.25) is 0 Å². The zero-order chi connectivity index (χ0) is 13.5. The van der Waals surface area contributed by atoms with E-state index < -0.39 is 6.10 Å². The van der Waals surface area contributed by atoms with Gasteiger partial charge in [-0.1, -0.05) is 0 Å². The second kappa shape index (κ2) is 7.36. The molecule has 0 spiro atoms. The lowest BCUT2D eigenvalue weighted by atomic mass is 10.3. The Morgan fingerprint density at radius 2 is 2.05 bits per heavy atom. The number of aliphatic hydroxyl groups excluding tert-OH is 1. The molecule has 0 aromatic heterocycles. The maximum Gasteiger partial charge on any atom is 0.119 e. The lowest BCUT2D eigenvalue weighted by Crippen LogP contribution is -2.25. The second-order valence-electron chi connectivity index (χ2n) is 4.97. The molecule has 1 saturated carbocycles. The number of aliphatic hydroxyl groups is 1. The Kier molecular flexibility index (Phi) is 5.48. The van der Waals surface area contributed by atoms with E-state index in [2.05, 4.69) is 5.32 Å². The monoisotopic (exact) mass is 265 g/mol. The summed E-state index contributed by atoms with van der Waals surface area (Å²) < 4.78 is 10.8. The normalized spacial score (nSPS) is 16.1. The van der Waals surface area contributed by atoms with Crippen LogP contribution in [-0.2, 0) is 4.74 Å². The molecule has 1 aromatic rings. The fourth-order valence-corrected chi connectivity index (χ4v) is 1.79. The lowest BCUT2D eigenvalue weighted by molar-refractivity contribution is 0.0386. The van der Waals surface area contributed by atoms with Crippen LogP contribution in [0.2, 0.25) is 0 Å². The summed E-state index contributed by atoms with van der Waals surface area (Å²) in [5.41, 5.74) is 0.977. The van der Waals surface area contributed by atoms with Gasteiger partial charge in [0.1, 0.15) is 5.75 Å². The predicted molar refractivity (Wildman–Crippen MR) is 75.7 cm³/mol. The number of rotatable bonds is 9. The fourth-order valence-electron chi connectivity index (χ4n) is 1.79. The molecule has 2 rings (SSSR count). The van der Waals surface area contributed by atoms with Crippen LogP contribution in [0, 0.1) is 5.92 Å². The zero-order valence-corrected chi connectivity index (χ0v) is 11.5. The number of hydrogen-bond donors (Lipinski definition) is 2. The van der Waals surface area contributed by atoms with Crippen molar-refractivity contribution in [3.63, 3.8) is 0 Å². The zero-order valence-electron chi connectivity index (χ0n) is 11.5. The fraction of sp³-hybridized carbons (Fsp3) is 0.600. The molecule has 4 nitrogen and oxygen atoms in total. The van der Waals surface area contributed by atoms with Gasteiger partial charge in [0, 0.05) is 18.8 Å². The molecule has 0 amide bonds. The molecular formula is C15H23NO3. The Morgan fingerprint density at radius 3 is 2.68 bits per heavy atom. The van der Waals surface area contributed by atoms with Crippen LogP contribution in [0.1, 0.15) is 19.8 Å². The maximum absolute atomic E-state index is 9.77. The molecule has 1 unspecified atom stereocenters. The topological polar surface area (TPSA) is 50.7 Å². The summed E-state index contributed by atoms with van der Waals surface area (Å²) in [6.07, 6.45) is 2.09. The number of ether oxygens (including phenoxy) is 2. The van der Waals surface area contributed by atoms with Crippen molar-refractivity contribution < 1.29 is 14.6 Å². The van der Waals surface area contributed by atoms with Gasteiger partial charge in [-0.15, -0.1) is 0 Å². The van der Waals surface area contributed by atoms with Crippen LogP contribution in [0.3, 0.4) is 0 Å². The molecular weight excluding hydrogens is 242 g/mol. The average Bonchev–Trinajstić information content (AvgIpc) is 3.22. The maximum atomic E-state index is 9.77. The largest absolute Gasteiger partial charge is 0.494 e. The van der Waals surface area contributed by atoms with Gasteiger partial charge < -0.3 is 19.9 Å². The Morgan fingerprint density at radius 1 is 1.32 bits per heavy atom. The van der Waals surface area contributed by atoms with Crippen LogP contribution in [0.4, 0.5) is 5.69 Å². The molecule has 0 heterocycles. The van der Waals surface area contributed by atoms with E-state index in [1.807, 2.05) is 31.2 Å². The molecule has 19 heavy (non-hydrogen) atoms. The lowest BCUT2D eigenvalue weighted by Gasteiger charge is -2.13. The summed E-state index contributed by atoms with van der Waals surface area (Å²) in [6, 6.07) is 7.73. The standard InChI is InChI=1S/C15H23NO3/c1-2-19-15-7-5-13(6-8-15)16-9-14(17)11-18-10-12-3-4-12/h5-8,12,14,16-17H,2-4,9-11H2,1H3. The van der Waals surface area contributed by atoms with Crippen molar-refractivity contribution in [2.75, 3.05) is 31.7 Å². The average molecular weight is 265 g/mol. The van der Waals surface area contributed by atoms with Crippen LogP contribution in [0.25, 0.3) is 0 Å². The Balaban J connectivity index is 1.62. The first-order valence-corrected chi connectivity index (χ1v) is 7.00. The van der Waals surface area contributed by atoms with Crippen molar-refractivity contribution in [3.05, 3.63) is 24.3 Å². The predicted octanol–water partition coefficient (Wildman–Crippen LogP) is 2.28. The van der Waals surface area contributed by atoms with Crippen LogP contribution in [-0.4, -0.2) is 37.6 Å². The van der Waals surface area contributed by atoms with Crippen molar-refractivity contribution in [3.8, 4) is 5.75 Å². The van der Waals surface area contributed by atoms with Gasteiger partial charge in [0.05, 0.1) is 19.3 Å². The summed E-state index contributed by atoms with van der Waals surface area (Å²) in [4.78, 5) is 0. The van der Waals surface area contributed by atoms with Gasteiger partial charge in [-0.05, 0) is 49.9 Å². The van der Waals surface area contributed by atoms with E-state index in [-0.39, 0.29) is 0 Å². The molecule has 106 valence electrons. The van der Waals surface area contributed by atoms with Crippen molar-refractivity contribution >= 4 is 5.69 Å². The Bertz CT molecular complexity index is 362. The van der Waals surface area contributed by atoms with Crippen molar-refractivity contribution in [1.29, 1.82) is 0 Å². The summed E-state index contributed by atoms with van der Waals surface area (Å²) >= 11 is 0. The van der Waals surface area contributed by atoms with Gasteiger partial charge in [-0.25, -0.2) is 0 Å². The molecule has 1 aliphatic carbocycles. The van der Waals surface area contributed by atoms with Gasteiger partial charge in [0.25, 0.3) is 0 Å². The van der Waals surface area contributed by atoms with Crippen LogP contribution in [0.15, 0.2) is 24.3 Å². The van der Waals surface area contributed by atoms with Crippen molar-refractivity contribution in [2.24, 2.45) is 5.92 Å². The third-order valence-corrected chi connectivity index (χ3v) is 3.07. The first-order valence-electron chi connectivity index (χ1n) is 7.00. The third-order valence-electron chi connectivity index (χ3n) is 3.07. The minimum Gasteiger partial charge on any atom is -0.494 e. The molecule has 1 aliphatic rings. The first-order chi connectivity index (χ1) is 9.28. The van der Waals surface area contributed by atoms with E-state index in [0.29, 0.717) is 19.8 Å². The Hall–Kier alpha value is -1.26. The van der Waals surface area contributed by atoms with Crippen LogP contribution >= 0.6 is 0 Å². The number of nitrogens with one attached hydrogen (secondary N) is 1. The summed E-state index contributed by atoms with van der Waals surface area (Å²) in [6.45, 7) is 4.33. The minimum absolute atomic E-state index is 0.403. The highest BCUT2D eigenvalue weighted by molar-refractivity contribution is 5.46. The Labute approximate surface area is 114 Å². The molecule has 0 radical (unpaired) electrons. The van der Waals surface area contributed by atoms with E-state index >= 15 is 0 Å². The van der Waals surface area contributed by atoms with Crippen molar-refractivity contribution in [2.45, 2.75) is 25.9 Å². The molecule has 0 bridgehead atoms. The van der Waals surface area contributed by atoms with Gasteiger partial charge in [-0.2, -0.15) is 0 Å². The van der Waals surface area contributed by atoms with Crippen LogP contribution < -0.4 is 10.1 Å². The summed E-state index contributed by atoms with van der Waals surface area (Å²) in [7, 11) is 0. The number of anilines is 1. The smallest absolute Gasteiger partial charge is 0.119 e. The van der Waals surface area contributed by atoms with E-state index in [1.165, 1.54) is 12.8 Å². The van der Waals surface area contributed by atoms with Crippen LogP contribution in [0.5, 0.6) is 5.75 Å². The molecule has 2 N–H and O–H groups in total. The van der Waals surface area contributed by atoms with E-state index in [0.717, 1.165) is 24.0 Å². The SMILES string of the molecule is CCOc1ccc(NCC(O)COCC2CC2)cc1. The molecule has 1 fully saturated rings. The molecule has 0 saturated heterocycles. The van der Waals surface area contributed by atoms with Gasteiger partial charge in [-0.3, -0.25) is 0 Å². The summed E-state index contributed by atoms with van der Waals surface area (Å²) in [5.74, 6) is 1.60. The van der Waals surface area contributed by atoms with E-state index in [1.54, 1.807) is 0 Å². The molecule has 0 aliphatic heterocycles. The summed E-state index contributed by atoms with van der Waals surface area (Å²) in [5, 5.41) is 13.0. The highest BCUT2D eigenvalue weighted by atomic mass is 16.5. The third kappa shape index (κ3) is 5.49. The number of hydrogen-bond acceptors (Lipinski definition) is 4.